The van der Waals surface area contributed by atoms with Gasteiger partial charge >= 0.3 is 0 Å². The molecule has 1 aromatic carbocycles. The highest BCUT2D eigenvalue weighted by Crippen LogP contribution is 2.32. The van der Waals surface area contributed by atoms with Crippen molar-refractivity contribution in [2.45, 2.75) is 19.9 Å². The van der Waals surface area contributed by atoms with Gasteiger partial charge in [-0.05, 0) is 52.2 Å². The highest BCUT2D eigenvalue weighted by atomic mass is 32.1. The molecule has 1 unspecified atom stereocenters. The first-order valence-corrected chi connectivity index (χ1v) is 7.90. The van der Waals surface area contributed by atoms with Crippen LogP contribution in [0.5, 0.6) is 5.75 Å². The van der Waals surface area contributed by atoms with E-state index in [1.807, 2.05) is 52.2 Å². The Balaban J connectivity index is 2.12. The maximum atomic E-state index is 6.03. The predicted octanol–water partition coefficient (Wildman–Crippen LogP) is 3.08. The summed E-state index contributed by atoms with van der Waals surface area (Å²) in [6, 6.07) is 8.08. The van der Waals surface area contributed by atoms with Crippen molar-refractivity contribution in [2.75, 3.05) is 27.2 Å². The van der Waals surface area contributed by atoms with Crippen LogP contribution < -0.4 is 10.5 Å². The van der Waals surface area contributed by atoms with Gasteiger partial charge in [0.05, 0.1) is 10.7 Å². The highest BCUT2D eigenvalue weighted by molar-refractivity contribution is 7.12. The molecule has 2 N–H and O–H groups in total. The lowest BCUT2D eigenvalue weighted by Gasteiger charge is -2.11. The lowest BCUT2D eigenvalue weighted by Crippen LogP contribution is -2.19. The maximum absolute atomic E-state index is 6.03. The largest absolute Gasteiger partial charge is 0.492 e. The smallest absolute Gasteiger partial charge is 0.119 e. The van der Waals surface area contributed by atoms with Gasteiger partial charge in [-0.3, -0.25) is 0 Å². The standard InChI is InChI=1S/C16H23N3OS/c1-11(17)16-15(18-12(2)21-16)13-5-7-14(8-6-13)20-10-9-19(3)4/h5-8,11H,9-10,17H2,1-4H3. The average Bonchev–Trinajstić information content (AvgIpc) is 2.81. The van der Waals surface area contributed by atoms with E-state index in [2.05, 4.69) is 9.88 Å². The highest BCUT2D eigenvalue weighted by Gasteiger charge is 2.14. The normalized spacial score (nSPS) is 12.7. The molecule has 2 rings (SSSR count). The second kappa shape index (κ2) is 7.02. The van der Waals surface area contributed by atoms with Gasteiger partial charge in [-0.25, -0.2) is 4.98 Å². The molecule has 0 saturated carbocycles. The fraction of sp³-hybridized carbons (Fsp3) is 0.438. The van der Waals surface area contributed by atoms with Crippen LogP contribution in [0, 0.1) is 6.92 Å². The Hall–Kier alpha value is -1.43. The second-order valence-corrected chi connectivity index (χ2v) is 6.65. The summed E-state index contributed by atoms with van der Waals surface area (Å²) in [6.45, 7) is 5.60. The molecule has 0 spiro atoms. The van der Waals surface area contributed by atoms with Gasteiger partial charge in [-0.15, -0.1) is 11.3 Å². The molecule has 21 heavy (non-hydrogen) atoms. The Kier molecular flexibility index (Phi) is 5.33. The topological polar surface area (TPSA) is 51.4 Å². The van der Waals surface area contributed by atoms with Crippen LogP contribution >= 0.6 is 11.3 Å². The molecule has 0 bridgehead atoms. The third kappa shape index (κ3) is 4.27. The van der Waals surface area contributed by atoms with Crippen LogP contribution in [0.25, 0.3) is 11.3 Å². The number of thiazole rings is 1. The summed E-state index contributed by atoms with van der Waals surface area (Å²) in [5.41, 5.74) is 8.11. The number of aryl methyl sites for hydroxylation is 1. The minimum Gasteiger partial charge on any atom is -0.492 e. The van der Waals surface area contributed by atoms with Gasteiger partial charge in [-0.2, -0.15) is 0 Å². The summed E-state index contributed by atoms with van der Waals surface area (Å²) in [4.78, 5) is 7.84. The molecule has 1 atom stereocenters. The Morgan fingerprint density at radius 1 is 1.29 bits per heavy atom. The molecule has 4 nitrogen and oxygen atoms in total. The van der Waals surface area contributed by atoms with Gasteiger partial charge < -0.3 is 15.4 Å². The number of benzene rings is 1. The van der Waals surface area contributed by atoms with Crippen LogP contribution in [-0.2, 0) is 0 Å². The average molecular weight is 305 g/mol. The van der Waals surface area contributed by atoms with Crippen molar-refractivity contribution in [3.8, 4) is 17.0 Å². The molecule has 0 fully saturated rings. The summed E-state index contributed by atoms with van der Waals surface area (Å²) >= 11 is 1.67. The third-order valence-corrected chi connectivity index (χ3v) is 4.28. The number of likely N-dealkylation sites (N-methyl/N-ethyl adjacent to an activating group) is 1. The molecule has 0 aliphatic heterocycles. The Bertz CT molecular complexity index is 576. The second-order valence-electron chi connectivity index (χ2n) is 5.41. The molecule has 0 aliphatic carbocycles. The lowest BCUT2D eigenvalue weighted by molar-refractivity contribution is 0.261. The molecule has 2 aromatic rings. The minimum atomic E-state index is 0.00205. The molecular weight excluding hydrogens is 282 g/mol. The first kappa shape index (κ1) is 15.9. The van der Waals surface area contributed by atoms with Gasteiger partial charge in [0.2, 0.25) is 0 Å². The summed E-state index contributed by atoms with van der Waals surface area (Å²) in [5.74, 6) is 0.884. The van der Waals surface area contributed by atoms with E-state index in [-0.39, 0.29) is 6.04 Å². The number of hydrogen-bond acceptors (Lipinski definition) is 5. The zero-order valence-electron chi connectivity index (χ0n) is 13.1. The first-order valence-electron chi connectivity index (χ1n) is 7.08. The summed E-state index contributed by atoms with van der Waals surface area (Å²) < 4.78 is 5.71. The van der Waals surface area contributed by atoms with E-state index < -0.39 is 0 Å². The monoisotopic (exact) mass is 305 g/mol. The fourth-order valence-corrected chi connectivity index (χ4v) is 2.91. The van der Waals surface area contributed by atoms with E-state index in [4.69, 9.17) is 10.5 Å². The minimum absolute atomic E-state index is 0.00205. The predicted molar refractivity (Wildman–Crippen MR) is 88.9 cm³/mol. The van der Waals surface area contributed by atoms with E-state index in [1.165, 1.54) is 0 Å². The number of ether oxygens (including phenoxy) is 1. The lowest BCUT2D eigenvalue weighted by atomic mass is 10.1. The van der Waals surface area contributed by atoms with Gasteiger partial charge in [-0.1, -0.05) is 0 Å². The van der Waals surface area contributed by atoms with Gasteiger partial charge in [0, 0.05) is 23.0 Å². The zero-order chi connectivity index (χ0) is 15.4. The van der Waals surface area contributed by atoms with Gasteiger partial charge in [0.25, 0.3) is 0 Å². The molecule has 1 heterocycles. The number of nitrogens with two attached hydrogens (primary N) is 1. The van der Waals surface area contributed by atoms with Crippen LogP contribution in [0.2, 0.25) is 0 Å². The molecule has 1 aromatic heterocycles. The number of aromatic nitrogens is 1. The van der Waals surface area contributed by atoms with E-state index in [0.717, 1.165) is 33.4 Å². The van der Waals surface area contributed by atoms with E-state index in [9.17, 15) is 0 Å². The van der Waals surface area contributed by atoms with Crippen LogP contribution in [0.1, 0.15) is 22.9 Å². The van der Waals surface area contributed by atoms with Crippen LogP contribution in [0.4, 0.5) is 0 Å². The molecule has 0 amide bonds. The number of rotatable bonds is 6. The van der Waals surface area contributed by atoms with Crippen molar-refractivity contribution in [1.82, 2.24) is 9.88 Å². The van der Waals surface area contributed by atoms with Crippen LogP contribution in [0.3, 0.4) is 0 Å². The van der Waals surface area contributed by atoms with E-state index in [0.29, 0.717) is 6.61 Å². The molecule has 5 heteroatoms. The molecule has 0 aliphatic rings. The van der Waals surface area contributed by atoms with Crippen LogP contribution in [0.15, 0.2) is 24.3 Å². The first-order chi connectivity index (χ1) is 9.97. The van der Waals surface area contributed by atoms with Crippen molar-refractivity contribution < 1.29 is 4.74 Å². The van der Waals surface area contributed by atoms with Crippen molar-refractivity contribution in [3.63, 3.8) is 0 Å². The van der Waals surface area contributed by atoms with Crippen molar-refractivity contribution in [1.29, 1.82) is 0 Å². The van der Waals surface area contributed by atoms with Gasteiger partial charge in [0.1, 0.15) is 12.4 Å². The zero-order valence-corrected chi connectivity index (χ0v) is 13.9. The fourth-order valence-electron chi connectivity index (χ4n) is 2.01. The molecule has 0 radical (unpaired) electrons. The molecule has 0 saturated heterocycles. The Labute approximate surface area is 130 Å². The van der Waals surface area contributed by atoms with Gasteiger partial charge in [0.15, 0.2) is 0 Å². The number of hydrogen-bond donors (Lipinski definition) is 1. The van der Waals surface area contributed by atoms with E-state index in [1.54, 1.807) is 11.3 Å². The quantitative estimate of drug-likeness (QED) is 0.891. The molecule has 114 valence electrons. The summed E-state index contributed by atoms with van der Waals surface area (Å²) in [7, 11) is 4.07. The van der Waals surface area contributed by atoms with Crippen LogP contribution in [-0.4, -0.2) is 37.1 Å². The number of nitrogens with zero attached hydrogens (tertiary/aromatic N) is 2. The molecular formula is C16H23N3OS. The van der Waals surface area contributed by atoms with E-state index >= 15 is 0 Å². The summed E-state index contributed by atoms with van der Waals surface area (Å²) in [5, 5.41) is 1.05. The summed E-state index contributed by atoms with van der Waals surface area (Å²) in [6.07, 6.45) is 0. The van der Waals surface area contributed by atoms with Crippen molar-refractivity contribution >= 4 is 11.3 Å². The Morgan fingerprint density at radius 3 is 2.52 bits per heavy atom. The SMILES string of the molecule is Cc1nc(-c2ccc(OCCN(C)C)cc2)c(C(C)N)s1. The Morgan fingerprint density at radius 2 is 1.95 bits per heavy atom. The van der Waals surface area contributed by atoms with Crippen molar-refractivity contribution in [2.24, 2.45) is 5.73 Å². The maximum Gasteiger partial charge on any atom is 0.119 e. The van der Waals surface area contributed by atoms with Crippen molar-refractivity contribution in [3.05, 3.63) is 34.2 Å². The third-order valence-electron chi connectivity index (χ3n) is 3.11.